The van der Waals surface area contributed by atoms with Gasteiger partial charge >= 0.3 is 0 Å². The van der Waals surface area contributed by atoms with Crippen LogP contribution in [-0.2, 0) is 6.61 Å². The molecule has 0 unspecified atom stereocenters. The van der Waals surface area contributed by atoms with Crippen LogP contribution < -0.4 is 14.9 Å². The van der Waals surface area contributed by atoms with Crippen LogP contribution in [-0.4, -0.2) is 22.7 Å². The highest BCUT2D eigenvalue weighted by molar-refractivity contribution is 6.42. The van der Waals surface area contributed by atoms with Gasteiger partial charge in [0.25, 0.3) is 5.69 Å². The van der Waals surface area contributed by atoms with Crippen molar-refractivity contribution >= 4 is 52.5 Å². The van der Waals surface area contributed by atoms with Crippen molar-refractivity contribution in [1.82, 2.24) is 4.98 Å². The highest BCUT2D eigenvalue weighted by atomic mass is 35.5. The number of nitrogens with one attached hydrogen (secondary N) is 1. The minimum Gasteiger partial charge on any atom is -0.490 e. The van der Waals surface area contributed by atoms with E-state index in [1.807, 2.05) is 6.92 Å². The molecule has 1 N–H and O–H groups in total. The number of benzene rings is 2. The van der Waals surface area contributed by atoms with Crippen LogP contribution >= 0.6 is 34.8 Å². The predicted molar refractivity (Wildman–Crippen MR) is 126 cm³/mol. The van der Waals surface area contributed by atoms with E-state index < -0.39 is 4.92 Å². The molecule has 3 aromatic rings. The molecule has 0 radical (unpaired) electrons. The summed E-state index contributed by atoms with van der Waals surface area (Å²) in [5.74, 6) is 1.20. The smallest absolute Gasteiger partial charge is 0.287 e. The van der Waals surface area contributed by atoms with Crippen molar-refractivity contribution in [2.24, 2.45) is 5.10 Å². The van der Waals surface area contributed by atoms with Crippen LogP contribution in [0.2, 0.25) is 15.1 Å². The molecular formula is C21H17Cl3N4O4. The fourth-order valence-electron chi connectivity index (χ4n) is 2.58. The Labute approximate surface area is 198 Å². The van der Waals surface area contributed by atoms with Gasteiger partial charge in [-0.1, -0.05) is 40.9 Å². The van der Waals surface area contributed by atoms with Gasteiger partial charge in [0.05, 0.1) is 32.8 Å². The van der Waals surface area contributed by atoms with Crippen molar-refractivity contribution in [1.29, 1.82) is 0 Å². The van der Waals surface area contributed by atoms with Crippen molar-refractivity contribution in [3.8, 4) is 11.5 Å². The SMILES string of the molecule is CCOc1cc(/C=N/Nc2ccc([N+](=O)[O-])cn2)cc(Cl)c1OCc1ccc(Cl)c(Cl)c1. The lowest BCUT2D eigenvalue weighted by atomic mass is 10.2. The van der Waals surface area contributed by atoms with E-state index in [0.29, 0.717) is 44.6 Å². The van der Waals surface area contributed by atoms with E-state index in [9.17, 15) is 10.1 Å². The number of ether oxygens (including phenoxy) is 2. The normalized spacial score (nSPS) is 10.9. The maximum atomic E-state index is 10.7. The number of hydrogen-bond donors (Lipinski definition) is 1. The van der Waals surface area contributed by atoms with E-state index in [0.717, 1.165) is 11.8 Å². The Morgan fingerprint density at radius 3 is 2.56 bits per heavy atom. The molecule has 0 spiro atoms. The standard InChI is InChI=1S/C21H17Cl3N4O4/c1-2-31-19-9-14(10-26-27-20-6-4-15(11-25-20)28(29)30)8-18(24)21(19)32-12-13-3-5-16(22)17(23)7-13/h3-11H,2,12H2,1H3,(H,25,27)/b26-10+. The lowest BCUT2D eigenvalue weighted by Gasteiger charge is -2.14. The van der Waals surface area contributed by atoms with Gasteiger partial charge in [-0.3, -0.25) is 15.5 Å². The fourth-order valence-corrected chi connectivity index (χ4v) is 3.18. The van der Waals surface area contributed by atoms with E-state index in [1.54, 1.807) is 30.3 Å². The number of nitro groups is 1. The minimum atomic E-state index is -0.525. The van der Waals surface area contributed by atoms with E-state index in [-0.39, 0.29) is 12.3 Å². The zero-order valence-electron chi connectivity index (χ0n) is 16.7. The van der Waals surface area contributed by atoms with Crippen molar-refractivity contribution in [3.05, 3.63) is 85.0 Å². The maximum Gasteiger partial charge on any atom is 0.287 e. The van der Waals surface area contributed by atoms with Gasteiger partial charge in [-0.2, -0.15) is 5.10 Å². The lowest BCUT2D eigenvalue weighted by Crippen LogP contribution is -2.02. The first kappa shape index (κ1) is 23.6. The first-order chi connectivity index (χ1) is 15.4. The maximum absolute atomic E-state index is 10.7. The first-order valence-electron chi connectivity index (χ1n) is 9.30. The molecule has 0 aliphatic carbocycles. The third-order valence-electron chi connectivity index (χ3n) is 4.05. The molecule has 0 amide bonds. The molecule has 0 fully saturated rings. The molecular weight excluding hydrogens is 479 g/mol. The summed E-state index contributed by atoms with van der Waals surface area (Å²) in [4.78, 5) is 14.1. The second kappa shape index (κ2) is 11.0. The van der Waals surface area contributed by atoms with Gasteiger partial charge in [0.1, 0.15) is 18.6 Å². The molecule has 32 heavy (non-hydrogen) atoms. The summed E-state index contributed by atoms with van der Waals surface area (Å²) in [6.07, 6.45) is 2.65. The molecule has 0 aliphatic rings. The molecule has 1 heterocycles. The first-order valence-corrected chi connectivity index (χ1v) is 10.4. The summed E-state index contributed by atoms with van der Waals surface area (Å²) in [5, 5.41) is 16.0. The third kappa shape index (κ3) is 6.23. The zero-order chi connectivity index (χ0) is 23.1. The molecule has 0 bridgehead atoms. The van der Waals surface area contributed by atoms with Gasteiger partial charge < -0.3 is 9.47 Å². The summed E-state index contributed by atoms with van der Waals surface area (Å²) in [6, 6.07) is 11.4. The Morgan fingerprint density at radius 2 is 1.91 bits per heavy atom. The van der Waals surface area contributed by atoms with Crippen LogP contribution in [0.3, 0.4) is 0 Å². The summed E-state index contributed by atoms with van der Waals surface area (Å²) in [6.45, 7) is 2.47. The zero-order valence-corrected chi connectivity index (χ0v) is 19.0. The van der Waals surface area contributed by atoms with Gasteiger partial charge in [-0.05, 0) is 48.4 Å². The average Bonchev–Trinajstić information content (AvgIpc) is 2.76. The third-order valence-corrected chi connectivity index (χ3v) is 5.07. The van der Waals surface area contributed by atoms with Crippen LogP contribution in [0, 0.1) is 10.1 Å². The number of aromatic nitrogens is 1. The van der Waals surface area contributed by atoms with Crippen LogP contribution in [0.5, 0.6) is 11.5 Å². The molecule has 0 saturated carbocycles. The van der Waals surface area contributed by atoms with Crippen molar-refractivity contribution in [2.45, 2.75) is 13.5 Å². The summed E-state index contributed by atoms with van der Waals surface area (Å²) in [7, 11) is 0. The lowest BCUT2D eigenvalue weighted by molar-refractivity contribution is -0.385. The Bertz CT molecular complexity index is 1140. The molecule has 2 aromatic carbocycles. The van der Waals surface area contributed by atoms with Crippen LogP contribution in [0.25, 0.3) is 0 Å². The summed E-state index contributed by atoms with van der Waals surface area (Å²) < 4.78 is 11.6. The topological polar surface area (TPSA) is 98.9 Å². The highest BCUT2D eigenvalue weighted by Crippen LogP contribution is 2.37. The number of pyridine rings is 1. The molecule has 0 aliphatic heterocycles. The number of anilines is 1. The second-order valence-corrected chi connectivity index (χ2v) is 7.55. The van der Waals surface area contributed by atoms with Gasteiger partial charge in [-0.25, -0.2) is 4.98 Å². The fraction of sp³-hybridized carbons (Fsp3) is 0.143. The molecule has 3 rings (SSSR count). The van der Waals surface area contributed by atoms with Crippen molar-refractivity contribution in [2.75, 3.05) is 12.0 Å². The number of rotatable bonds is 9. The largest absolute Gasteiger partial charge is 0.490 e. The molecule has 0 atom stereocenters. The van der Waals surface area contributed by atoms with E-state index in [4.69, 9.17) is 44.3 Å². The monoisotopic (exact) mass is 494 g/mol. The Morgan fingerprint density at radius 1 is 1.09 bits per heavy atom. The molecule has 166 valence electrons. The highest BCUT2D eigenvalue weighted by Gasteiger charge is 2.13. The molecule has 1 aromatic heterocycles. The molecule has 0 saturated heterocycles. The quantitative estimate of drug-likeness (QED) is 0.210. The Hall–Kier alpha value is -3.07. The second-order valence-electron chi connectivity index (χ2n) is 6.33. The van der Waals surface area contributed by atoms with Gasteiger partial charge in [0.15, 0.2) is 11.5 Å². The molecule has 11 heteroatoms. The van der Waals surface area contributed by atoms with Gasteiger partial charge in [-0.15, -0.1) is 0 Å². The summed E-state index contributed by atoms with van der Waals surface area (Å²) in [5.41, 5.74) is 4.06. The number of hydrogen-bond acceptors (Lipinski definition) is 7. The number of hydrazone groups is 1. The Balaban J connectivity index is 1.73. The van der Waals surface area contributed by atoms with Crippen LogP contribution in [0.4, 0.5) is 11.5 Å². The van der Waals surface area contributed by atoms with Gasteiger partial charge in [0.2, 0.25) is 0 Å². The number of halogens is 3. The number of nitrogens with zero attached hydrogens (tertiary/aromatic N) is 3. The average molecular weight is 496 g/mol. The molecule has 8 nitrogen and oxygen atoms in total. The van der Waals surface area contributed by atoms with Crippen molar-refractivity contribution in [3.63, 3.8) is 0 Å². The van der Waals surface area contributed by atoms with Crippen molar-refractivity contribution < 1.29 is 14.4 Å². The van der Waals surface area contributed by atoms with Crippen LogP contribution in [0.1, 0.15) is 18.1 Å². The minimum absolute atomic E-state index is 0.107. The Kier molecular flexibility index (Phi) is 8.10. The predicted octanol–water partition coefficient (Wildman–Crippen LogP) is 6.37. The van der Waals surface area contributed by atoms with E-state index in [2.05, 4.69) is 15.5 Å². The van der Waals surface area contributed by atoms with Crippen LogP contribution in [0.15, 0.2) is 53.8 Å². The van der Waals surface area contributed by atoms with Gasteiger partial charge in [0, 0.05) is 6.07 Å². The summed E-state index contributed by atoms with van der Waals surface area (Å²) >= 11 is 18.4. The van der Waals surface area contributed by atoms with E-state index in [1.165, 1.54) is 18.3 Å². The van der Waals surface area contributed by atoms with E-state index >= 15 is 0 Å².